The summed E-state index contributed by atoms with van der Waals surface area (Å²) < 4.78 is 10.9. The minimum atomic E-state index is 0.0766. The monoisotopic (exact) mass is 207 g/mol. The molecular formula is C12H17NO2. The summed E-state index contributed by atoms with van der Waals surface area (Å²) in [4.78, 5) is 0. The van der Waals surface area contributed by atoms with E-state index in [0.717, 1.165) is 25.4 Å². The van der Waals surface area contributed by atoms with Crippen LogP contribution in [0.3, 0.4) is 0 Å². The lowest BCUT2D eigenvalue weighted by Crippen LogP contribution is -2.36. The molecule has 82 valence electrons. The highest BCUT2D eigenvalue weighted by Gasteiger charge is 2.22. The highest BCUT2D eigenvalue weighted by Crippen LogP contribution is 2.16. The molecule has 1 aromatic rings. The van der Waals surface area contributed by atoms with Gasteiger partial charge in [0.05, 0.1) is 6.61 Å². The van der Waals surface area contributed by atoms with Gasteiger partial charge in [-0.3, -0.25) is 0 Å². The van der Waals surface area contributed by atoms with Crippen molar-refractivity contribution in [3.05, 3.63) is 30.3 Å². The normalized spacial score (nSPS) is 22.6. The molecule has 1 heterocycles. The molecule has 1 aromatic carbocycles. The van der Waals surface area contributed by atoms with E-state index in [1.165, 1.54) is 0 Å². The van der Waals surface area contributed by atoms with Crippen LogP contribution in [-0.4, -0.2) is 25.9 Å². The zero-order valence-electron chi connectivity index (χ0n) is 8.76. The maximum absolute atomic E-state index is 6.02. The van der Waals surface area contributed by atoms with Gasteiger partial charge in [0.2, 0.25) is 0 Å². The number of hydrogen-bond donors (Lipinski definition) is 1. The van der Waals surface area contributed by atoms with Gasteiger partial charge in [0.25, 0.3) is 0 Å². The lowest BCUT2D eigenvalue weighted by molar-refractivity contribution is 0.170. The molecule has 0 saturated carbocycles. The number of rotatable bonds is 4. The van der Waals surface area contributed by atoms with Gasteiger partial charge in [-0.25, -0.2) is 0 Å². The maximum Gasteiger partial charge on any atom is 0.119 e. The molecule has 0 radical (unpaired) electrons. The van der Waals surface area contributed by atoms with Gasteiger partial charge in [0.15, 0.2) is 0 Å². The average Bonchev–Trinajstić information content (AvgIpc) is 2.81. The van der Waals surface area contributed by atoms with E-state index in [1.807, 2.05) is 30.3 Å². The van der Waals surface area contributed by atoms with Gasteiger partial charge in [-0.2, -0.15) is 0 Å². The third-order valence-corrected chi connectivity index (χ3v) is 2.76. The zero-order chi connectivity index (χ0) is 10.5. The first kappa shape index (κ1) is 10.5. The molecule has 1 fully saturated rings. The Morgan fingerprint density at radius 2 is 2.20 bits per heavy atom. The van der Waals surface area contributed by atoms with Crippen molar-refractivity contribution in [1.29, 1.82) is 0 Å². The summed E-state index contributed by atoms with van der Waals surface area (Å²) in [5.41, 5.74) is 6.02. The highest BCUT2D eigenvalue weighted by molar-refractivity contribution is 5.20. The molecule has 0 aromatic heterocycles. The van der Waals surface area contributed by atoms with Crippen LogP contribution in [0.2, 0.25) is 0 Å². The third kappa shape index (κ3) is 2.94. The van der Waals surface area contributed by atoms with E-state index < -0.39 is 0 Å². The summed E-state index contributed by atoms with van der Waals surface area (Å²) >= 11 is 0. The summed E-state index contributed by atoms with van der Waals surface area (Å²) in [6, 6.07) is 9.85. The molecule has 15 heavy (non-hydrogen) atoms. The van der Waals surface area contributed by atoms with Crippen molar-refractivity contribution in [2.75, 3.05) is 19.8 Å². The van der Waals surface area contributed by atoms with Crippen molar-refractivity contribution in [3.63, 3.8) is 0 Å². The largest absolute Gasteiger partial charge is 0.492 e. The van der Waals surface area contributed by atoms with E-state index in [-0.39, 0.29) is 6.04 Å². The van der Waals surface area contributed by atoms with Crippen LogP contribution >= 0.6 is 0 Å². The lowest BCUT2D eigenvalue weighted by Gasteiger charge is -2.17. The van der Waals surface area contributed by atoms with Crippen molar-refractivity contribution in [2.45, 2.75) is 12.5 Å². The molecule has 0 amide bonds. The van der Waals surface area contributed by atoms with E-state index in [4.69, 9.17) is 15.2 Å². The van der Waals surface area contributed by atoms with Crippen molar-refractivity contribution in [1.82, 2.24) is 0 Å². The zero-order valence-corrected chi connectivity index (χ0v) is 8.76. The summed E-state index contributed by atoms with van der Waals surface area (Å²) in [7, 11) is 0. The first-order chi connectivity index (χ1) is 7.36. The first-order valence-corrected chi connectivity index (χ1v) is 5.37. The van der Waals surface area contributed by atoms with E-state index >= 15 is 0 Å². The van der Waals surface area contributed by atoms with Crippen LogP contribution in [0.25, 0.3) is 0 Å². The minimum Gasteiger partial charge on any atom is -0.492 e. The smallest absolute Gasteiger partial charge is 0.119 e. The standard InChI is InChI=1S/C12H17NO2/c13-12(10-6-7-14-8-10)9-15-11-4-2-1-3-5-11/h1-5,10,12H,6-9,13H2. The molecule has 2 unspecified atom stereocenters. The Morgan fingerprint density at radius 3 is 2.87 bits per heavy atom. The number of nitrogens with two attached hydrogens (primary N) is 1. The van der Waals surface area contributed by atoms with Crippen molar-refractivity contribution < 1.29 is 9.47 Å². The topological polar surface area (TPSA) is 44.5 Å². The molecule has 2 rings (SSSR count). The number of benzene rings is 1. The summed E-state index contributed by atoms with van der Waals surface area (Å²) in [6.45, 7) is 2.18. The van der Waals surface area contributed by atoms with Crippen LogP contribution in [0.5, 0.6) is 5.75 Å². The molecule has 1 saturated heterocycles. The second-order valence-electron chi connectivity index (χ2n) is 3.91. The molecule has 1 aliphatic rings. The van der Waals surface area contributed by atoms with Crippen LogP contribution in [0.1, 0.15) is 6.42 Å². The molecule has 1 aliphatic heterocycles. The average molecular weight is 207 g/mol. The predicted octanol–water partition coefficient (Wildman–Crippen LogP) is 1.43. The number of para-hydroxylation sites is 1. The Labute approximate surface area is 90.2 Å². The van der Waals surface area contributed by atoms with Crippen molar-refractivity contribution in [2.24, 2.45) is 11.7 Å². The Hall–Kier alpha value is -1.06. The van der Waals surface area contributed by atoms with Crippen molar-refractivity contribution in [3.8, 4) is 5.75 Å². The van der Waals surface area contributed by atoms with E-state index in [0.29, 0.717) is 12.5 Å². The van der Waals surface area contributed by atoms with Crippen LogP contribution in [0.15, 0.2) is 30.3 Å². The Morgan fingerprint density at radius 1 is 1.40 bits per heavy atom. The van der Waals surface area contributed by atoms with Crippen LogP contribution in [0.4, 0.5) is 0 Å². The molecule has 2 N–H and O–H groups in total. The fraction of sp³-hybridized carbons (Fsp3) is 0.500. The first-order valence-electron chi connectivity index (χ1n) is 5.37. The van der Waals surface area contributed by atoms with E-state index in [9.17, 15) is 0 Å². The maximum atomic E-state index is 6.02. The van der Waals surface area contributed by atoms with Crippen LogP contribution in [0, 0.1) is 5.92 Å². The molecule has 0 spiro atoms. The quantitative estimate of drug-likeness (QED) is 0.812. The van der Waals surface area contributed by atoms with E-state index in [1.54, 1.807) is 0 Å². The van der Waals surface area contributed by atoms with Gasteiger partial charge in [-0.05, 0) is 18.6 Å². The number of hydrogen-bond acceptors (Lipinski definition) is 3. The Kier molecular flexibility index (Phi) is 3.59. The van der Waals surface area contributed by atoms with Gasteiger partial charge in [0, 0.05) is 18.6 Å². The summed E-state index contributed by atoms with van der Waals surface area (Å²) in [5.74, 6) is 1.33. The Balaban J connectivity index is 1.77. The molecule has 3 heteroatoms. The van der Waals surface area contributed by atoms with Gasteiger partial charge >= 0.3 is 0 Å². The highest BCUT2D eigenvalue weighted by atomic mass is 16.5. The minimum absolute atomic E-state index is 0.0766. The Bertz CT molecular complexity index is 283. The fourth-order valence-electron chi connectivity index (χ4n) is 1.74. The molecule has 0 bridgehead atoms. The molecule has 2 atom stereocenters. The number of ether oxygens (including phenoxy) is 2. The second-order valence-corrected chi connectivity index (χ2v) is 3.91. The summed E-state index contributed by atoms with van der Waals surface area (Å²) in [5, 5.41) is 0. The second kappa shape index (κ2) is 5.14. The molecular weight excluding hydrogens is 190 g/mol. The van der Waals surface area contributed by atoms with Crippen LogP contribution in [-0.2, 0) is 4.74 Å². The van der Waals surface area contributed by atoms with Crippen molar-refractivity contribution >= 4 is 0 Å². The third-order valence-electron chi connectivity index (χ3n) is 2.76. The van der Waals surface area contributed by atoms with Gasteiger partial charge in [0.1, 0.15) is 12.4 Å². The predicted molar refractivity (Wildman–Crippen MR) is 58.8 cm³/mol. The fourth-order valence-corrected chi connectivity index (χ4v) is 1.74. The SMILES string of the molecule is NC(COc1ccccc1)C1CCOC1. The van der Waals surface area contributed by atoms with Gasteiger partial charge in [-0.15, -0.1) is 0 Å². The van der Waals surface area contributed by atoms with E-state index in [2.05, 4.69) is 0 Å². The summed E-state index contributed by atoms with van der Waals surface area (Å²) in [6.07, 6.45) is 1.05. The molecule has 3 nitrogen and oxygen atoms in total. The lowest BCUT2D eigenvalue weighted by atomic mass is 10.0. The van der Waals surface area contributed by atoms with Crippen LogP contribution < -0.4 is 10.5 Å². The van der Waals surface area contributed by atoms with Gasteiger partial charge in [-0.1, -0.05) is 18.2 Å². The molecule has 0 aliphatic carbocycles. The van der Waals surface area contributed by atoms with Gasteiger partial charge < -0.3 is 15.2 Å².